The molecular formula is C11H17CsO3. The molecule has 0 unspecified atom stereocenters. The molecule has 0 aromatic heterocycles. The summed E-state index contributed by atoms with van der Waals surface area (Å²) < 4.78 is 5.26. The molecule has 1 rings (SSSR count). The van der Waals surface area contributed by atoms with Gasteiger partial charge in [0.1, 0.15) is 0 Å². The second-order valence-corrected chi connectivity index (χ2v) is 2.60. The first-order valence-corrected chi connectivity index (χ1v) is 4.58. The molecule has 0 amide bonds. The molecule has 3 nitrogen and oxygen atoms in total. The first-order chi connectivity index (χ1) is 6.93. The maximum atomic E-state index is 10.1. The molecule has 0 spiro atoms. The first kappa shape index (κ1) is 18.5. The van der Waals surface area contributed by atoms with E-state index >= 15 is 0 Å². The number of ether oxygens (including phenoxy) is 1. The fraction of sp³-hybridized carbons (Fsp3) is 0.455. The first-order valence-electron chi connectivity index (χ1n) is 4.58. The Balaban J connectivity index is 0. The third-order valence-corrected chi connectivity index (χ3v) is 1.54. The number of benzene rings is 1. The number of hydrogen-bond acceptors (Lipinski definition) is 3. The minimum absolute atomic E-state index is 0. The summed E-state index contributed by atoms with van der Waals surface area (Å²) >= 11 is 0. The molecule has 0 atom stereocenters. The van der Waals surface area contributed by atoms with Crippen molar-refractivity contribution in [3.63, 3.8) is 0 Å². The molecule has 0 bridgehead atoms. The Kier molecular flexibility index (Phi) is 18.7. The van der Waals surface area contributed by atoms with Gasteiger partial charge in [0, 0.05) is 13.7 Å². The summed E-state index contributed by atoms with van der Waals surface area (Å²) in [5, 5.41) is 17.1. The summed E-state index contributed by atoms with van der Waals surface area (Å²) in [5.41, 5.74) is 1.16. The topological polar surface area (TPSA) is 52.5 Å². The minimum Gasteiger partial charge on any atom is -0.854 e. The summed E-state index contributed by atoms with van der Waals surface area (Å²) in [5.74, 6) is 0. The summed E-state index contributed by atoms with van der Waals surface area (Å²) in [6, 6.07) is 9.95. The minimum atomic E-state index is -0.0468. The van der Waals surface area contributed by atoms with Crippen LogP contribution >= 0.6 is 0 Å². The second kappa shape index (κ2) is 15.2. The zero-order valence-electron chi connectivity index (χ0n) is 9.48. The smallest absolute Gasteiger partial charge is 0.854 e. The third kappa shape index (κ3) is 11.4. The number of aliphatic hydroxyl groups excluding tert-OH is 1. The molecule has 0 aliphatic carbocycles. The van der Waals surface area contributed by atoms with Crippen LogP contribution in [0.4, 0.5) is 0 Å². The van der Waals surface area contributed by atoms with E-state index in [1.54, 1.807) is 0 Å². The number of rotatable bonds is 5. The fourth-order valence-corrected chi connectivity index (χ4v) is 0.925. The Labute approximate surface area is 150 Å². The molecule has 0 radical (unpaired) electrons. The van der Waals surface area contributed by atoms with Crippen LogP contribution in [0.5, 0.6) is 0 Å². The van der Waals surface area contributed by atoms with E-state index in [1.165, 1.54) is 0 Å². The van der Waals surface area contributed by atoms with Gasteiger partial charge in [-0.25, -0.2) is 0 Å². The van der Waals surface area contributed by atoms with Gasteiger partial charge in [0.15, 0.2) is 0 Å². The Hall–Kier alpha value is 1.15. The predicted molar refractivity (Wildman–Crippen MR) is 53.7 cm³/mol. The van der Waals surface area contributed by atoms with E-state index in [2.05, 4.69) is 0 Å². The zero-order chi connectivity index (χ0) is 10.6. The van der Waals surface area contributed by atoms with Crippen LogP contribution in [0.25, 0.3) is 0 Å². The number of hydrogen-bond donors (Lipinski definition) is 1. The molecule has 1 N–H and O–H groups in total. The Morgan fingerprint density at radius 2 is 1.80 bits per heavy atom. The van der Waals surface area contributed by atoms with Crippen LogP contribution in [0.15, 0.2) is 30.3 Å². The molecule has 0 heterocycles. The van der Waals surface area contributed by atoms with Gasteiger partial charge in [0.25, 0.3) is 0 Å². The van der Waals surface area contributed by atoms with Crippen molar-refractivity contribution < 1.29 is 83.8 Å². The molecule has 1 aromatic carbocycles. The molecule has 0 aliphatic heterocycles. The van der Waals surface area contributed by atoms with Gasteiger partial charge < -0.3 is 14.9 Å². The number of aliphatic hydroxyl groups is 1. The van der Waals surface area contributed by atoms with Gasteiger partial charge in [-0.1, -0.05) is 30.3 Å². The summed E-state index contributed by atoms with van der Waals surface area (Å²) in [4.78, 5) is 0. The van der Waals surface area contributed by atoms with E-state index in [0.717, 1.165) is 12.7 Å². The third-order valence-electron chi connectivity index (χ3n) is 1.54. The van der Waals surface area contributed by atoms with E-state index in [9.17, 15) is 5.11 Å². The maximum absolute atomic E-state index is 10.1. The van der Waals surface area contributed by atoms with E-state index in [1.807, 2.05) is 30.3 Å². The van der Waals surface area contributed by atoms with Crippen molar-refractivity contribution in [3.05, 3.63) is 35.9 Å². The van der Waals surface area contributed by atoms with Gasteiger partial charge in [-0.15, -0.1) is 6.61 Å². The Morgan fingerprint density at radius 3 is 2.33 bits per heavy atom. The molecule has 1 aromatic rings. The molecular weight excluding hydrogens is 313 g/mol. The van der Waals surface area contributed by atoms with Gasteiger partial charge in [0.05, 0.1) is 6.61 Å². The van der Waals surface area contributed by atoms with Crippen LogP contribution < -0.4 is 74.0 Å². The van der Waals surface area contributed by atoms with Crippen LogP contribution in [0, 0.1) is 0 Å². The van der Waals surface area contributed by atoms with Crippen molar-refractivity contribution >= 4 is 0 Å². The van der Waals surface area contributed by atoms with E-state index in [0.29, 0.717) is 19.6 Å². The van der Waals surface area contributed by atoms with Crippen molar-refractivity contribution in [2.45, 2.75) is 13.0 Å². The molecule has 80 valence electrons. The van der Waals surface area contributed by atoms with Crippen molar-refractivity contribution in [1.82, 2.24) is 0 Å². The van der Waals surface area contributed by atoms with Crippen molar-refractivity contribution in [2.24, 2.45) is 0 Å². The predicted octanol–water partition coefficient (Wildman–Crippen LogP) is -2.43. The van der Waals surface area contributed by atoms with E-state index < -0.39 is 0 Å². The van der Waals surface area contributed by atoms with Crippen molar-refractivity contribution in [1.29, 1.82) is 0 Å². The summed E-state index contributed by atoms with van der Waals surface area (Å²) in [6.07, 6.45) is 0.604. The van der Waals surface area contributed by atoms with Crippen LogP contribution in [-0.2, 0) is 11.3 Å². The molecule has 4 heteroatoms. The van der Waals surface area contributed by atoms with Gasteiger partial charge in [-0.3, -0.25) is 0 Å². The van der Waals surface area contributed by atoms with E-state index in [4.69, 9.17) is 9.84 Å². The standard InChI is InChI=1S/C10H13O2.CH4O.Cs/c11-7-4-8-12-9-10-5-2-1-3-6-10;1-2;/h1-3,5-6H,4,7-9H2;2H,1H3;/q-1;;+1. The zero-order valence-corrected chi connectivity index (χ0v) is 15.8. The normalized spacial score (nSPS) is 8.47. The maximum Gasteiger partial charge on any atom is 1.00 e. The molecule has 15 heavy (non-hydrogen) atoms. The average Bonchev–Trinajstić information content (AvgIpc) is 2.29. The van der Waals surface area contributed by atoms with Crippen LogP contribution in [0.1, 0.15) is 12.0 Å². The molecule has 0 aliphatic rings. The van der Waals surface area contributed by atoms with Crippen LogP contribution in [0.2, 0.25) is 0 Å². The quantitative estimate of drug-likeness (QED) is 0.611. The fourth-order valence-electron chi connectivity index (χ4n) is 0.925. The Morgan fingerprint density at radius 1 is 1.20 bits per heavy atom. The summed E-state index contributed by atoms with van der Waals surface area (Å²) in [7, 11) is 1.00. The van der Waals surface area contributed by atoms with Crippen LogP contribution in [-0.4, -0.2) is 25.4 Å². The Bertz CT molecular complexity index is 204. The van der Waals surface area contributed by atoms with E-state index in [-0.39, 0.29) is 75.5 Å². The second-order valence-electron chi connectivity index (χ2n) is 2.60. The van der Waals surface area contributed by atoms with Crippen LogP contribution in [0.3, 0.4) is 0 Å². The summed E-state index contributed by atoms with van der Waals surface area (Å²) in [6.45, 7) is 1.13. The van der Waals surface area contributed by atoms with Crippen molar-refractivity contribution in [2.75, 3.05) is 20.3 Å². The monoisotopic (exact) mass is 330 g/mol. The molecule has 0 saturated heterocycles. The van der Waals surface area contributed by atoms with Gasteiger partial charge in [-0.2, -0.15) is 0 Å². The van der Waals surface area contributed by atoms with Gasteiger partial charge in [0.2, 0.25) is 0 Å². The molecule has 0 saturated carbocycles. The van der Waals surface area contributed by atoms with Crippen molar-refractivity contribution in [3.8, 4) is 0 Å². The van der Waals surface area contributed by atoms with Gasteiger partial charge in [-0.05, 0) is 12.0 Å². The largest absolute Gasteiger partial charge is 1.00 e. The van der Waals surface area contributed by atoms with Gasteiger partial charge >= 0.3 is 68.9 Å². The SMILES string of the molecule is CO.[Cs+].[O-]CCCOCc1ccccc1. The average molecular weight is 330 g/mol. The molecule has 0 fully saturated rings.